The summed E-state index contributed by atoms with van der Waals surface area (Å²) in [6.45, 7) is 11.8. The number of carbonyl (C=O) groups is 1. The average Bonchev–Trinajstić information content (AvgIpc) is 3.35. The van der Waals surface area contributed by atoms with E-state index in [9.17, 15) is 4.79 Å². The zero-order valence-corrected chi connectivity index (χ0v) is 19.0. The van der Waals surface area contributed by atoms with Gasteiger partial charge < -0.3 is 15.0 Å². The molecule has 4 nitrogen and oxygen atoms in total. The van der Waals surface area contributed by atoms with Crippen molar-refractivity contribution in [3.05, 3.63) is 51.7 Å². The number of thiophene rings is 1. The SMILES string of the molecule is CC(C)c1cccc(C(C)C)c1NC(=O)C[NH+](Cc1cccs1)C[C@@H]1CCCO1. The number of para-hydroxylation sites is 1. The van der Waals surface area contributed by atoms with E-state index < -0.39 is 0 Å². The lowest BCUT2D eigenvalue weighted by Crippen LogP contribution is -3.12. The van der Waals surface area contributed by atoms with Gasteiger partial charge in [0.2, 0.25) is 0 Å². The van der Waals surface area contributed by atoms with Gasteiger partial charge in [-0.3, -0.25) is 4.79 Å². The molecule has 2 N–H and O–H groups in total. The second kappa shape index (κ2) is 10.4. The maximum absolute atomic E-state index is 13.1. The first-order valence-electron chi connectivity index (χ1n) is 10.8. The van der Waals surface area contributed by atoms with E-state index in [-0.39, 0.29) is 12.0 Å². The van der Waals surface area contributed by atoms with Crippen molar-refractivity contribution in [2.45, 2.75) is 65.0 Å². The molecular formula is C24H35N2O2S+. The molecule has 1 saturated heterocycles. The number of ether oxygens (including phenoxy) is 1. The standard InChI is InChI=1S/C24H34N2O2S/c1-17(2)21-10-5-11-22(18(3)4)24(21)25-23(27)16-26(14-19-8-6-12-28-19)15-20-9-7-13-29-20/h5,7,9-11,13,17-19H,6,8,12,14-16H2,1-4H3,(H,25,27)/p+1/t19-/m0/s1. The van der Waals surface area contributed by atoms with Gasteiger partial charge in [0, 0.05) is 12.3 Å². The van der Waals surface area contributed by atoms with Crippen molar-refractivity contribution in [3.63, 3.8) is 0 Å². The summed E-state index contributed by atoms with van der Waals surface area (Å²) < 4.78 is 5.85. The van der Waals surface area contributed by atoms with E-state index in [1.165, 1.54) is 20.9 Å². The van der Waals surface area contributed by atoms with Crippen molar-refractivity contribution in [3.8, 4) is 0 Å². The fourth-order valence-corrected chi connectivity index (χ4v) is 4.88. The molecule has 1 aliphatic heterocycles. The summed E-state index contributed by atoms with van der Waals surface area (Å²) in [4.78, 5) is 15.7. The van der Waals surface area contributed by atoms with Crippen LogP contribution in [-0.2, 0) is 16.1 Å². The Kier molecular flexibility index (Phi) is 7.87. The largest absolute Gasteiger partial charge is 0.372 e. The summed E-state index contributed by atoms with van der Waals surface area (Å²) in [5.74, 6) is 0.820. The zero-order chi connectivity index (χ0) is 20.8. The van der Waals surface area contributed by atoms with Gasteiger partial charge in [-0.1, -0.05) is 52.0 Å². The van der Waals surface area contributed by atoms with E-state index in [4.69, 9.17) is 4.74 Å². The molecule has 0 bridgehead atoms. The quantitative estimate of drug-likeness (QED) is 0.645. The topological polar surface area (TPSA) is 42.8 Å². The molecule has 158 valence electrons. The van der Waals surface area contributed by atoms with Crippen LogP contribution in [0, 0.1) is 0 Å². The fraction of sp³-hybridized carbons (Fsp3) is 0.542. The van der Waals surface area contributed by atoms with Crippen LogP contribution < -0.4 is 10.2 Å². The third-order valence-corrected chi connectivity index (χ3v) is 6.47. The summed E-state index contributed by atoms with van der Waals surface area (Å²) in [6, 6.07) is 10.6. The minimum absolute atomic E-state index is 0.0875. The Hall–Kier alpha value is -1.69. The van der Waals surface area contributed by atoms with E-state index in [1.54, 1.807) is 11.3 Å². The van der Waals surface area contributed by atoms with Crippen molar-refractivity contribution >= 4 is 22.9 Å². The van der Waals surface area contributed by atoms with Gasteiger partial charge in [0.15, 0.2) is 6.54 Å². The van der Waals surface area contributed by atoms with E-state index in [0.29, 0.717) is 18.4 Å². The molecule has 0 aliphatic carbocycles. The van der Waals surface area contributed by atoms with E-state index in [2.05, 4.69) is 68.7 Å². The van der Waals surface area contributed by atoms with Gasteiger partial charge in [0.05, 0.1) is 4.88 Å². The highest BCUT2D eigenvalue weighted by atomic mass is 32.1. The Morgan fingerprint density at radius 3 is 2.45 bits per heavy atom. The summed E-state index contributed by atoms with van der Waals surface area (Å²) in [5.41, 5.74) is 3.43. The summed E-state index contributed by atoms with van der Waals surface area (Å²) in [7, 11) is 0. The van der Waals surface area contributed by atoms with Gasteiger partial charge in [-0.15, -0.1) is 11.3 Å². The molecule has 3 rings (SSSR count). The van der Waals surface area contributed by atoms with Crippen LogP contribution in [0.5, 0.6) is 0 Å². The molecule has 1 unspecified atom stereocenters. The highest BCUT2D eigenvalue weighted by molar-refractivity contribution is 7.09. The number of rotatable bonds is 9. The van der Waals surface area contributed by atoms with Crippen LogP contribution >= 0.6 is 11.3 Å². The van der Waals surface area contributed by atoms with Gasteiger partial charge in [0.25, 0.3) is 5.91 Å². The lowest BCUT2D eigenvalue weighted by molar-refractivity contribution is -0.908. The molecule has 0 radical (unpaired) electrons. The van der Waals surface area contributed by atoms with Crippen LogP contribution in [0.4, 0.5) is 5.69 Å². The first kappa shape index (κ1) is 22.0. The van der Waals surface area contributed by atoms with Gasteiger partial charge in [-0.25, -0.2) is 0 Å². The number of quaternary nitrogens is 1. The lowest BCUT2D eigenvalue weighted by atomic mass is 9.92. The van der Waals surface area contributed by atoms with E-state index in [0.717, 1.165) is 38.2 Å². The van der Waals surface area contributed by atoms with Crippen molar-refractivity contribution < 1.29 is 14.4 Å². The second-order valence-corrected chi connectivity index (χ2v) is 9.72. The molecule has 0 spiro atoms. The number of anilines is 1. The Bertz CT molecular complexity index is 754. The minimum Gasteiger partial charge on any atom is -0.372 e. The normalized spacial score (nSPS) is 17.8. The summed E-state index contributed by atoms with van der Waals surface area (Å²) >= 11 is 1.76. The molecule has 2 heterocycles. The van der Waals surface area contributed by atoms with Gasteiger partial charge in [-0.05, 0) is 47.3 Å². The van der Waals surface area contributed by atoms with Crippen molar-refractivity contribution in [2.24, 2.45) is 0 Å². The van der Waals surface area contributed by atoms with Crippen LogP contribution in [0.15, 0.2) is 35.7 Å². The Morgan fingerprint density at radius 2 is 1.90 bits per heavy atom. The second-order valence-electron chi connectivity index (χ2n) is 8.69. The Labute approximate surface area is 179 Å². The average molecular weight is 416 g/mol. The van der Waals surface area contributed by atoms with Crippen molar-refractivity contribution in [1.29, 1.82) is 0 Å². The number of hydrogen-bond acceptors (Lipinski definition) is 3. The monoisotopic (exact) mass is 415 g/mol. The number of nitrogens with one attached hydrogen (secondary N) is 2. The molecular weight excluding hydrogens is 380 g/mol. The molecule has 1 amide bonds. The maximum Gasteiger partial charge on any atom is 0.279 e. The number of hydrogen-bond donors (Lipinski definition) is 2. The minimum atomic E-state index is 0.0875. The summed E-state index contributed by atoms with van der Waals surface area (Å²) in [6.07, 6.45) is 2.50. The smallest absolute Gasteiger partial charge is 0.279 e. The first-order chi connectivity index (χ1) is 13.9. The van der Waals surface area contributed by atoms with Gasteiger partial charge >= 0.3 is 0 Å². The highest BCUT2D eigenvalue weighted by Gasteiger charge is 2.25. The van der Waals surface area contributed by atoms with Crippen LogP contribution in [0.2, 0.25) is 0 Å². The fourth-order valence-electron chi connectivity index (χ4n) is 4.10. The third kappa shape index (κ3) is 6.14. The highest BCUT2D eigenvalue weighted by Crippen LogP contribution is 2.32. The number of carbonyl (C=O) groups excluding carboxylic acids is 1. The molecule has 1 aliphatic rings. The van der Waals surface area contributed by atoms with Crippen LogP contribution in [0.1, 0.15) is 68.4 Å². The molecule has 2 atom stereocenters. The zero-order valence-electron chi connectivity index (χ0n) is 18.2. The number of benzene rings is 1. The number of amides is 1. The third-order valence-electron chi connectivity index (χ3n) is 5.59. The molecule has 0 saturated carbocycles. The first-order valence-corrected chi connectivity index (χ1v) is 11.7. The lowest BCUT2D eigenvalue weighted by Gasteiger charge is -2.23. The molecule has 2 aromatic rings. The van der Waals surface area contributed by atoms with Crippen molar-refractivity contribution in [2.75, 3.05) is 25.0 Å². The summed E-state index contributed by atoms with van der Waals surface area (Å²) in [5, 5.41) is 5.38. The maximum atomic E-state index is 13.1. The van der Waals surface area contributed by atoms with Crippen LogP contribution in [0.25, 0.3) is 0 Å². The van der Waals surface area contributed by atoms with E-state index >= 15 is 0 Å². The van der Waals surface area contributed by atoms with E-state index in [1.807, 2.05) is 0 Å². The predicted octanol–water partition coefficient (Wildman–Crippen LogP) is 4.20. The van der Waals surface area contributed by atoms with Crippen molar-refractivity contribution in [1.82, 2.24) is 0 Å². The molecule has 1 aromatic carbocycles. The molecule has 1 aromatic heterocycles. The van der Waals surface area contributed by atoms with Crippen LogP contribution in [0.3, 0.4) is 0 Å². The van der Waals surface area contributed by atoms with Gasteiger partial charge in [-0.2, -0.15) is 0 Å². The Morgan fingerprint density at radius 1 is 1.17 bits per heavy atom. The van der Waals surface area contributed by atoms with Gasteiger partial charge in [0.1, 0.15) is 19.2 Å². The predicted molar refractivity (Wildman–Crippen MR) is 121 cm³/mol. The Balaban J connectivity index is 1.74. The molecule has 5 heteroatoms. The molecule has 1 fully saturated rings. The van der Waals surface area contributed by atoms with Crippen LogP contribution in [-0.4, -0.2) is 31.7 Å². The molecule has 29 heavy (non-hydrogen) atoms.